The molecule has 2 atom stereocenters. The van der Waals surface area contributed by atoms with Crippen LogP contribution < -0.4 is 0 Å². The lowest BCUT2D eigenvalue weighted by molar-refractivity contribution is -0.137. The van der Waals surface area contributed by atoms with Crippen LogP contribution in [0.4, 0.5) is 0 Å². The monoisotopic (exact) mass is 344 g/mol. The Morgan fingerprint density at radius 2 is 2.00 bits per heavy atom. The summed E-state index contributed by atoms with van der Waals surface area (Å²) in [7, 11) is 0. The lowest BCUT2D eigenvalue weighted by Crippen LogP contribution is -2.44. The summed E-state index contributed by atoms with van der Waals surface area (Å²) in [4.78, 5) is 33.6. The van der Waals surface area contributed by atoms with Gasteiger partial charge in [-0.15, -0.1) is 0 Å². The van der Waals surface area contributed by atoms with Gasteiger partial charge in [0.25, 0.3) is 0 Å². The molecule has 136 valence electrons. The number of nitrogens with zero attached hydrogens (tertiary/aromatic N) is 4. The predicted octanol–water partition coefficient (Wildman–Crippen LogP) is 2.18. The highest BCUT2D eigenvalue weighted by Crippen LogP contribution is 2.34. The number of likely N-dealkylation sites (tertiary alicyclic amines) is 2. The molecule has 0 radical (unpaired) electrons. The van der Waals surface area contributed by atoms with Gasteiger partial charge >= 0.3 is 0 Å². The van der Waals surface area contributed by atoms with Crippen LogP contribution in [0.3, 0.4) is 0 Å². The standard InChI is InChI=1S/C19H28N4O2/c1-13(2)18-20-7-9-22(18)16-4-3-8-21(12-16)19(25)14-10-17(24)23(11-14)15-5-6-15/h7,9,13-16H,3-6,8,10-12H2,1-2H3/t14-,16-/m1/s1. The van der Waals surface area contributed by atoms with E-state index in [4.69, 9.17) is 0 Å². The van der Waals surface area contributed by atoms with Gasteiger partial charge in [-0.2, -0.15) is 0 Å². The Labute approximate surface area is 149 Å². The fraction of sp³-hybridized carbons (Fsp3) is 0.737. The molecule has 0 unspecified atom stereocenters. The molecule has 2 aliphatic heterocycles. The molecule has 0 bridgehead atoms. The minimum atomic E-state index is -0.140. The SMILES string of the molecule is CC(C)c1nccn1[C@@H]1CCCN(C(=O)[C@@H]2CC(=O)N(C3CC3)C2)C1. The number of imidazole rings is 1. The minimum Gasteiger partial charge on any atom is -0.340 e. The van der Waals surface area contributed by atoms with Gasteiger partial charge in [-0.05, 0) is 25.7 Å². The molecule has 3 heterocycles. The van der Waals surface area contributed by atoms with Gasteiger partial charge < -0.3 is 14.4 Å². The molecule has 4 rings (SSSR count). The molecule has 6 nitrogen and oxygen atoms in total. The van der Waals surface area contributed by atoms with Gasteiger partial charge in [0.1, 0.15) is 5.82 Å². The highest BCUT2D eigenvalue weighted by molar-refractivity contribution is 5.89. The van der Waals surface area contributed by atoms with E-state index in [1.807, 2.05) is 22.2 Å². The summed E-state index contributed by atoms with van der Waals surface area (Å²) < 4.78 is 2.25. The molecule has 1 saturated carbocycles. The van der Waals surface area contributed by atoms with E-state index in [-0.39, 0.29) is 17.7 Å². The topological polar surface area (TPSA) is 58.4 Å². The first-order chi connectivity index (χ1) is 12.0. The Kier molecular flexibility index (Phi) is 4.29. The van der Waals surface area contributed by atoms with Crippen molar-refractivity contribution in [2.75, 3.05) is 19.6 Å². The molecular weight excluding hydrogens is 316 g/mol. The molecule has 1 aromatic rings. The normalized spacial score (nSPS) is 27.4. The molecule has 1 aromatic heterocycles. The van der Waals surface area contributed by atoms with Gasteiger partial charge in [0, 0.05) is 50.4 Å². The number of aromatic nitrogens is 2. The average Bonchev–Trinajstić information content (AvgIpc) is 3.18. The predicted molar refractivity (Wildman–Crippen MR) is 94.0 cm³/mol. The first kappa shape index (κ1) is 16.6. The zero-order valence-electron chi connectivity index (χ0n) is 15.2. The van der Waals surface area contributed by atoms with Gasteiger partial charge in [-0.25, -0.2) is 4.98 Å². The van der Waals surface area contributed by atoms with Crippen molar-refractivity contribution in [3.8, 4) is 0 Å². The van der Waals surface area contributed by atoms with Crippen LogP contribution in [0.15, 0.2) is 12.4 Å². The second-order valence-corrected chi connectivity index (χ2v) is 8.11. The van der Waals surface area contributed by atoms with Crippen LogP contribution in [0, 0.1) is 5.92 Å². The molecule has 3 fully saturated rings. The van der Waals surface area contributed by atoms with Gasteiger partial charge in [0.15, 0.2) is 0 Å². The molecule has 2 saturated heterocycles. The summed E-state index contributed by atoms with van der Waals surface area (Å²) >= 11 is 0. The summed E-state index contributed by atoms with van der Waals surface area (Å²) in [6.45, 7) is 6.49. The van der Waals surface area contributed by atoms with E-state index in [0.29, 0.717) is 31.0 Å². The average molecular weight is 344 g/mol. The highest BCUT2D eigenvalue weighted by atomic mass is 16.2. The molecule has 0 aromatic carbocycles. The summed E-state index contributed by atoms with van der Waals surface area (Å²) in [6.07, 6.45) is 8.62. The maximum atomic E-state index is 13.0. The summed E-state index contributed by atoms with van der Waals surface area (Å²) in [6, 6.07) is 0.716. The summed E-state index contributed by atoms with van der Waals surface area (Å²) in [5.41, 5.74) is 0. The second kappa shape index (κ2) is 6.46. The molecule has 0 spiro atoms. The van der Waals surface area contributed by atoms with Crippen molar-refractivity contribution in [1.29, 1.82) is 0 Å². The molecule has 2 amide bonds. The summed E-state index contributed by atoms with van der Waals surface area (Å²) in [5, 5.41) is 0. The van der Waals surface area contributed by atoms with E-state index in [2.05, 4.69) is 23.4 Å². The van der Waals surface area contributed by atoms with Gasteiger partial charge in [-0.1, -0.05) is 13.8 Å². The van der Waals surface area contributed by atoms with Crippen LogP contribution in [0.25, 0.3) is 0 Å². The molecule has 1 aliphatic carbocycles. The second-order valence-electron chi connectivity index (χ2n) is 8.11. The van der Waals surface area contributed by atoms with Crippen LogP contribution in [0.2, 0.25) is 0 Å². The van der Waals surface area contributed by atoms with Gasteiger partial charge in [0.05, 0.1) is 12.0 Å². The number of piperidine rings is 1. The van der Waals surface area contributed by atoms with Crippen LogP contribution in [0.1, 0.15) is 63.7 Å². The highest BCUT2D eigenvalue weighted by Gasteiger charge is 2.43. The third-order valence-corrected chi connectivity index (χ3v) is 5.81. The third-order valence-electron chi connectivity index (χ3n) is 5.81. The minimum absolute atomic E-state index is 0.140. The van der Waals surface area contributed by atoms with Crippen LogP contribution in [-0.2, 0) is 9.59 Å². The van der Waals surface area contributed by atoms with Crippen LogP contribution >= 0.6 is 0 Å². The van der Waals surface area contributed by atoms with Crippen molar-refractivity contribution < 1.29 is 9.59 Å². The molecule has 3 aliphatic rings. The van der Waals surface area contributed by atoms with E-state index in [9.17, 15) is 9.59 Å². The Balaban J connectivity index is 1.43. The van der Waals surface area contributed by atoms with Crippen molar-refractivity contribution in [3.05, 3.63) is 18.2 Å². The largest absolute Gasteiger partial charge is 0.340 e. The number of hydrogen-bond acceptors (Lipinski definition) is 3. The Morgan fingerprint density at radius 3 is 2.72 bits per heavy atom. The number of carbonyl (C=O) groups excluding carboxylic acids is 2. The van der Waals surface area contributed by atoms with Gasteiger partial charge in [0.2, 0.25) is 11.8 Å². The van der Waals surface area contributed by atoms with Crippen molar-refractivity contribution in [1.82, 2.24) is 19.4 Å². The number of rotatable bonds is 4. The smallest absolute Gasteiger partial charge is 0.228 e. The van der Waals surface area contributed by atoms with Crippen molar-refractivity contribution in [2.24, 2.45) is 5.92 Å². The van der Waals surface area contributed by atoms with E-state index in [1.54, 1.807) is 0 Å². The molecule has 6 heteroatoms. The third kappa shape index (κ3) is 3.18. The molecular formula is C19H28N4O2. The Hall–Kier alpha value is -1.85. The van der Waals surface area contributed by atoms with Crippen LogP contribution in [-0.4, -0.2) is 56.8 Å². The maximum absolute atomic E-state index is 13.0. The zero-order valence-corrected chi connectivity index (χ0v) is 15.2. The number of carbonyl (C=O) groups is 2. The summed E-state index contributed by atoms with van der Waals surface area (Å²) in [5.74, 6) is 1.67. The maximum Gasteiger partial charge on any atom is 0.228 e. The fourth-order valence-electron chi connectivity index (χ4n) is 4.36. The van der Waals surface area contributed by atoms with Gasteiger partial charge in [-0.3, -0.25) is 9.59 Å². The Bertz CT molecular complexity index is 664. The van der Waals surface area contributed by atoms with E-state index in [1.165, 1.54) is 0 Å². The lowest BCUT2D eigenvalue weighted by atomic mass is 10.0. The van der Waals surface area contributed by atoms with Crippen molar-refractivity contribution >= 4 is 11.8 Å². The molecule has 0 N–H and O–H groups in total. The first-order valence-corrected chi connectivity index (χ1v) is 9.65. The van der Waals surface area contributed by atoms with Crippen molar-refractivity contribution in [2.45, 2.75) is 64.0 Å². The number of hydrogen-bond donors (Lipinski definition) is 0. The fourth-order valence-corrected chi connectivity index (χ4v) is 4.36. The Morgan fingerprint density at radius 1 is 1.20 bits per heavy atom. The lowest BCUT2D eigenvalue weighted by Gasteiger charge is -2.35. The van der Waals surface area contributed by atoms with E-state index < -0.39 is 0 Å². The zero-order chi connectivity index (χ0) is 17.6. The van der Waals surface area contributed by atoms with E-state index >= 15 is 0 Å². The molecule has 25 heavy (non-hydrogen) atoms. The first-order valence-electron chi connectivity index (χ1n) is 9.65. The van der Waals surface area contributed by atoms with E-state index in [0.717, 1.165) is 44.6 Å². The van der Waals surface area contributed by atoms with Crippen molar-refractivity contribution in [3.63, 3.8) is 0 Å². The number of amides is 2. The quantitative estimate of drug-likeness (QED) is 0.841. The van der Waals surface area contributed by atoms with Crippen LogP contribution in [0.5, 0.6) is 0 Å².